The SMILES string of the molecule is CC(C)N1CC(C(=O)Nc2ccc(F)c([N+](=O)[O-])c2)CC1=O. The van der Waals surface area contributed by atoms with Crippen LogP contribution in [0.5, 0.6) is 0 Å². The highest BCUT2D eigenvalue weighted by atomic mass is 19.1. The predicted octanol–water partition coefficient (Wildman–Crippen LogP) is 1.93. The molecule has 22 heavy (non-hydrogen) atoms. The van der Waals surface area contributed by atoms with E-state index in [0.717, 1.165) is 12.1 Å². The lowest BCUT2D eigenvalue weighted by Gasteiger charge is -2.20. The van der Waals surface area contributed by atoms with E-state index < -0.39 is 28.3 Å². The first-order valence-electron chi connectivity index (χ1n) is 6.84. The fourth-order valence-electron chi connectivity index (χ4n) is 2.38. The number of nitro groups is 1. The van der Waals surface area contributed by atoms with Gasteiger partial charge >= 0.3 is 5.69 Å². The summed E-state index contributed by atoms with van der Waals surface area (Å²) in [5.41, 5.74) is -0.572. The van der Waals surface area contributed by atoms with Gasteiger partial charge in [-0.05, 0) is 26.0 Å². The van der Waals surface area contributed by atoms with E-state index in [1.165, 1.54) is 6.07 Å². The molecule has 1 N–H and O–H groups in total. The van der Waals surface area contributed by atoms with Crippen molar-refractivity contribution in [2.75, 3.05) is 11.9 Å². The number of nitro benzene ring substituents is 1. The lowest BCUT2D eigenvalue weighted by atomic mass is 10.1. The Labute approximate surface area is 126 Å². The highest BCUT2D eigenvalue weighted by Crippen LogP contribution is 2.24. The van der Waals surface area contributed by atoms with Gasteiger partial charge in [0, 0.05) is 30.8 Å². The molecule has 0 bridgehead atoms. The zero-order valence-electron chi connectivity index (χ0n) is 12.2. The van der Waals surface area contributed by atoms with Crippen LogP contribution in [0, 0.1) is 21.8 Å². The Morgan fingerprint density at radius 3 is 2.73 bits per heavy atom. The average molecular weight is 309 g/mol. The summed E-state index contributed by atoms with van der Waals surface area (Å²) in [5.74, 6) is -1.98. The lowest BCUT2D eigenvalue weighted by molar-refractivity contribution is -0.387. The quantitative estimate of drug-likeness (QED) is 0.679. The third kappa shape index (κ3) is 3.21. The number of likely N-dealkylation sites (tertiary alicyclic amines) is 1. The molecular weight excluding hydrogens is 293 g/mol. The highest BCUT2D eigenvalue weighted by Gasteiger charge is 2.35. The fourth-order valence-corrected chi connectivity index (χ4v) is 2.38. The Morgan fingerprint density at radius 1 is 1.50 bits per heavy atom. The van der Waals surface area contributed by atoms with Crippen molar-refractivity contribution in [1.29, 1.82) is 0 Å². The number of carbonyl (C=O) groups excluding carboxylic acids is 2. The molecule has 8 heteroatoms. The summed E-state index contributed by atoms with van der Waals surface area (Å²) in [5, 5.41) is 13.2. The molecule has 2 rings (SSSR count). The third-order valence-electron chi connectivity index (χ3n) is 3.56. The standard InChI is InChI=1S/C14H16FN3O4/c1-8(2)17-7-9(5-13(17)19)14(20)16-10-3-4-11(15)12(6-10)18(21)22/h3-4,6,8-9H,5,7H2,1-2H3,(H,16,20). The summed E-state index contributed by atoms with van der Waals surface area (Å²) in [4.78, 5) is 35.3. The Balaban J connectivity index is 2.09. The number of anilines is 1. The molecule has 1 aliphatic heterocycles. The normalized spacial score (nSPS) is 17.9. The van der Waals surface area contributed by atoms with Gasteiger partial charge in [0.2, 0.25) is 17.6 Å². The molecule has 0 radical (unpaired) electrons. The van der Waals surface area contributed by atoms with Crippen molar-refractivity contribution in [3.8, 4) is 0 Å². The van der Waals surface area contributed by atoms with Gasteiger partial charge in [0.15, 0.2) is 0 Å². The van der Waals surface area contributed by atoms with Gasteiger partial charge in [-0.1, -0.05) is 0 Å². The second-order valence-corrected chi connectivity index (χ2v) is 5.45. The molecule has 0 aromatic heterocycles. The number of nitrogens with zero attached hydrogens (tertiary/aromatic N) is 2. The Morgan fingerprint density at radius 2 is 2.18 bits per heavy atom. The molecule has 1 heterocycles. The summed E-state index contributed by atoms with van der Waals surface area (Å²) in [6.07, 6.45) is 0.104. The highest BCUT2D eigenvalue weighted by molar-refractivity contribution is 5.97. The van der Waals surface area contributed by atoms with E-state index in [-0.39, 0.29) is 24.1 Å². The van der Waals surface area contributed by atoms with Crippen LogP contribution >= 0.6 is 0 Å². The summed E-state index contributed by atoms with van der Waals surface area (Å²) >= 11 is 0. The average Bonchev–Trinajstić information content (AvgIpc) is 2.83. The van der Waals surface area contributed by atoms with Crippen LogP contribution in [0.4, 0.5) is 15.8 Å². The molecule has 1 atom stereocenters. The zero-order valence-corrected chi connectivity index (χ0v) is 12.2. The molecule has 0 saturated carbocycles. The van der Waals surface area contributed by atoms with Crippen LogP contribution in [0.15, 0.2) is 18.2 Å². The molecule has 2 amide bonds. The molecule has 0 aliphatic carbocycles. The van der Waals surface area contributed by atoms with Gasteiger partial charge < -0.3 is 10.2 Å². The summed E-state index contributed by atoms with van der Waals surface area (Å²) in [6.45, 7) is 4.04. The smallest absolute Gasteiger partial charge is 0.306 e. The van der Waals surface area contributed by atoms with E-state index in [4.69, 9.17) is 0 Å². The zero-order chi connectivity index (χ0) is 16.4. The molecule has 1 aliphatic rings. The summed E-state index contributed by atoms with van der Waals surface area (Å²) in [7, 11) is 0. The van der Waals surface area contributed by atoms with Gasteiger partial charge in [0.25, 0.3) is 0 Å². The third-order valence-corrected chi connectivity index (χ3v) is 3.56. The topological polar surface area (TPSA) is 92.6 Å². The first kappa shape index (κ1) is 15.9. The van der Waals surface area contributed by atoms with E-state index >= 15 is 0 Å². The number of carbonyl (C=O) groups is 2. The van der Waals surface area contributed by atoms with Gasteiger partial charge in [-0.25, -0.2) is 0 Å². The number of amides is 2. The maximum atomic E-state index is 13.2. The molecule has 1 unspecified atom stereocenters. The van der Waals surface area contributed by atoms with Gasteiger partial charge in [-0.2, -0.15) is 4.39 Å². The fraction of sp³-hybridized carbons (Fsp3) is 0.429. The minimum Gasteiger partial charge on any atom is -0.339 e. The van der Waals surface area contributed by atoms with Crippen LogP contribution in [0.25, 0.3) is 0 Å². The van der Waals surface area contributed by atoms with Crippen molar-refractivity contribution in [2.24, 2.45) is 5.92 Å². The van der Waals surface area contributed by atoms with Crippen LogP contribution in [-0.2, 0) is 9.59 Å². The Hall–Kier alpha value is -2.51. The number of benzene rings is 1. The Kier molecular flexibility index (Phi) is 4.39. The van der Waals surface area contributed by atoms with Crippen molar-refractivity contribution in [2.45, 2.75) is 26.3 Å². The van der Waals surface area contributed by atoms with Crippen molar-refractivity contribution < 1.29 is 18.9 Å². The molecule has 1 fully saturated rings. The summed E-state index contributed by atoms with van der Waals surface area (Å²) < 4.78 is 13.2. The number of hydrogen-bond donors (Lipinski definition) is 1. The van der Waals surface area contributed by atoms with Gasteiger partial charge in [-0.3, -0.25) is 19.7 Å². The van der Waals surface area contributed by atoms with Crippen molar-refractivity contribution in [1.82, 2.24) is 4.90 Å². The predicted molar refractivity (Wildman–Crippen MR) is 76.6 cm³/mol. The van der Waals surface area contributed by atoms with Gasteiger partial charge in [0.05, 0.1) is 10.8 Å². The Bertz CT molecular complexity index is 633. The van der Waals surface area contributed by atoms with Crippen molar-refractivity contribution in [3.05, 3.63) is 34.1 Å². The van der Waals surface area contributed by atoms with Gasteiger partial charge in [-0.15, -0.1) is 0 Å². The van der Waals surface area contributed by atoms with Crippen molar-refractivity contribution >= 4 is 23.2 Å². The van der Waals surface area contributed by atoms with Crippen molar-refractivity contribution in [3.63, 3.8) is 0 Å². The monoisotopic (exact) mass is 309 g/mol. The maximum Gasteiger partial charge on any atom is 0.306 e. The van der Waals surface area contributed by atoms with E-state index in [1.807, 2.05) is 13.8 Å². The minimum atomic E-state index is -0.968. The molecule has 1 aromatic carbocycles. The van der Waals surface area contributed by atoms with Crippen LogP contribution in [0.2, 0.25) is 0 Å². The largest absolute Gasteiger partial charge is 0.339 e. The van der Waals surface area contributed by atoms with E-state index in [2.05, 4.69) is 5.32 Å². The molecule has 0 spiro atoms. The first-order valence-corrected chi connectivity index (χ1v) is 6.84. The number of rotatable bonds is 4. The van der Waals surface area contributed by atoms with Crippen LogP contribution < -0.4 is 5.32 Å². The lowest BCUT2D eigenvalue weighted by Crippen LogP contribution is -2.33. The van der Waals surface area contributed by atoms with Gasteiger partial charge in [0.1, 0.15) is 0 Å². The van der Waals surface area contributed by atoms with Crippen LogP contribution in [0.3, 0.4) is 0 Å². The van der Waals surface area contributed by atoms with E-state index in [0.29, 0.717) is 6.54 Å². The number of halogens is 1. The molecule has 7 nitrogen and oxygen atoms in total. The minimum absolute atomic E-state index is 0.0113. The van der Waals surface area contributed by atoms with Crippen LogP contribution in [0.1, 0.15) is 20.3 Å². The molecule has 118 valence electrons. The second kappa shape index (κ2) is 6.08. The number of nitrogens with one attached hydrogen (secondary N) is 1. The second-order valence-electron chi connectivity index (χ2n) is 5.45. The number of hydrogen-bond acceptors (Lipinski definition) is 4. The molecule has 1 aromatic rings. The molecule has 1 saturated heterocycles. The van der Waals surface area contributed by atoms with Crippen LogP contribution in [-0.4, -0.2) is 34.2 Å². The maximum absolute atomic E-state index is 13.2. The van der Waals surface area contributed by atoms with E-state index in [9.17, 15) is 24.1 Å². The van der Waals surface area contributed by atoms with E-state index in [1.54, 1.807) is 4.90 Å². The summed E-state index contributed by atoms with van der Waals surface area (Å²) in [6, 6.07) is 3.15. The molecular formula is C14H16FN3O4. The first-order chi connectivity index (χ1) is 10.3.